The van der Waals surface area contributed by atoms with Crippen molar-refractivity contribution in [2.75, 3.05) is 6.61 Å². The average molecular weight is 319 g/mol. The van der Waals surface area contributed by atoms with Crippen molar-refractivity contribution in [2.45, 2.75) is 56.9 Å². The van der Waals surface area contributed by atoms with Gasteiger partial charge in [0.25, 0.3) is 0 Å². The average Bonchev–Trinajstić information content (AvgIpc) is 2.34. The summed E-state index contributed by atoms with van der Waals surface area (Å²) in [4.78, 5) is 11.1. The molecule has 0 saturated carbocycles. The van der Waals surface area contributed by atoms with Crippen LogP contribution in [0.2, 0.25) is 0 Å². The maximum atomic E-state index is 12.9. The van der Waals surface area contributed by atoms with Crippen LogP contribution < -0.4 is 0 Å². The van der Waals surface area contributed by atoms with E-state index < -0.39 is 34.1 Å². The number of halogens is 3. The molecule has 0 aliphatic rings. The highest BCUT2D eigenvalue weighted by molar-refractivity contribution is 7.86. The first-order valence-corrected chi connectivity index (χ1v) is 7.66. The van der Waals surface area contributed by atoms with Crippen LogP contribution in [0.25, 0.3) is 0 Å². The van der Waals surface area contributed by atoms with Crippen LogP contribution in [0.5, 0.6) is 0 Å². The Kier molecular flexibility index (Phi) is 8.10. The summed E-state index contributed by atoms with van der Waals surface area (Å²) in [5, 5.41) is -5.10. The Morgan fingerprint density at radius 3 is 2.30 bits per heavy atom. The van der Waals surface area contributed by atoms with Gasteiger partial charge in [-0.25, -0.2) is 12.8 Å². The smallest absolute Gasteiger partial charge is 0.368 e. The van der Waals surface area contributed by atoms with Gasteiger partial charge in [0.2, 0.25) is 6.17 Å². The van der Waals surface area contributed by atoms with Gasteiger partial charge in [-0.2, -0.15) is 8.78 Å². The molecule has 120 valence electrons. The lowest BCUT2D eigenvalue weighted by molar-refractivity contribution is -0.148. The summed E-state index contributed by atoms with van der Waals surface area (Å²) in [5.74, 6) is -0.900. The number of rotatable bonds is 10. The highest BCUT2D eigenvalue weighted by atomic mass is 32.2. The number of carbonyl (C=O) groups is 1. The minimum absolute atomic E-state index is 0.0634. The van der Waals surface area contributed by atoms with E-state index in [1.54, 1.807) is 0 Å². The van der Waals surface area contributed by atoms with Gasteiger partial charge in [-0.05, 0) is 6.42 Å². The van der Waals surface area contributed by atoms with Crippen LogP contribution in [0.3, 0.4) is 0 Å². The van der Waals surface area contributed by atoms with Crippen molar-refractivity contribution in [1.29, 1.82) is 0 Å². The fourth-order valence-electron chi connectivity index (χ4n) is 1.36. The number of carbonyl (C=O) groups excluding carboxylic acids is 1. The third-order valence-corrected chi connectivity index (χ3v) is 3.50. The van der Waals surface area contributed by atoms with Gasteiger partial charge in [0.1, 0.15) is 6.61 Å². The summed E-state index contributed by atoms with van der Waals surface area (Å²) < 4.78 is 72.9. The summed E-state index contributed by atoms with van der Waals surface area (Å²) in [7, 11) is -6.13. The Bertz CT molecular complexity index is 397. The van der Waals surface area contributed by atoms with Crippen LogP contribution in [0.15, 0.2) is 0 Å². The molecule has 0 aromatic heterocycles. The molecule has 0 radical (unpaired) electrons. The molecule has 0 N–H and O–H groups in total. The highest BCUT2D eigenvalue weighted by Crippen LogP contribution is 2.27. The van der Waals surface area contributed by atoms with Crippen LogP contribution in [0.4, 0.5) is 13.2 Å². The first kappa shape index (κ1) is 19.2. The summed E-state index contributed by atoms with van der Waals surface area (Å²) in [6, 6.07) is 0. The molecular formula is C11H18F3O5S-. The number of hydrogen-bond acceptors (Lipinski definition) is 5. The zero-order valence-corrected chi connectivity index (χ0v) is 11.9. The third kappa shape index (κ3) is 6.56. The Balaban J connectivity index is 4.01. The second-order valence-electron chi connectivity index (χ2n) is 4.33. The lowest BCUT2D eigenvalue weighted by Crippen LogP contribution is -2.41. The lowest BCUT2D eigenvalue weighted by atomic mass is 10.1. The van der Waals surface area contributed by atoms with Crippen molar-refractivity contribution < 1.29 is 35.7 Å². The standard InChI is InChI=1S/C11H19F3O5S/c1-2-3-4-5-6-7-10(15)19-8-9(12)11(13,14)20(16,17)18/h9H,2-8H2,1H3,(H,16,17,18)/p-1. The molecule has 1 unspecified atom stereocenters. The van der Waals surface area contributed by atoms with Crippen molar-refractivity contribution >= 4 is 16.1 Å². The first-order chi connectivity index (χ1) is 9.13. The second-order valence-corrected chi connectivity index (χ2v) is 5.78. The van der Waals surface area contributed by atoms with Gasteiger partial charge in [-0.3, -0.25) is 4.79 Å². The molecule has 5 nitrogen and oxygen atoms in total. The van der Waals surface area contributed by atoms with Gasteiger partial charge in [-0.15, -0.1) is 0 Å². The molecule has 0 saturated heterocycles. The van der Waals surface area contributed by atoms with E-state index in [9.17, 15) is 30.9 Å². The zero-order chi connectivity index (χ0) is 15.8. The molecule has 0 rings (SSSR count). The van der Waals surface area contributed by atoms with Gasteiger partial charge in [0, 0.05) is 6.42 Å². The van der Waals surface area contributed by atoms with Crippen LogP contribution in [-0.2, 0) is 19.6 Å². The number of esters is 1. The molecule has 1 atom stereocenters. The summed E-state index contributed by atoms with van der Waals surface area (Å²) in [6.07, 6.45) is 0.754. The van der Waals surface area contributed by atoms with Gasteiger partial charge in [-0.1, -0.05) is 32.6 Å². The second kappa shape index (κ2) is 8.46. The fourth-order valence-corrected chi connectivity index (χ4v) is 1.75. The van der Waals surface area contributed by atoms with Crippen molar-refractivity contribution in [3.63, 3.8) is 0 Å². The third-order valence-electron chi connectivity index (χ3n) is 2.57. The van der Waals surface area contributed by atoms with E-state index in [4.69, 9.17) is 0 Å². The predicted molar refractivity (Wildman–Crippen MR) is 63.9 cm³/mol. The highest BCUT2D eigenvalue weighted by Gasteiger charge is 2.48. The molecule has 0 fully saturated rings. The first-order valence-electron chi connectivity index (χ1n) is 6.25. The quantitative estimate of drug-likeness (QED) is 0.351. The van der Waals surface area contributed by atoms with Gasteiger partial charge in [0.15, 0.2) is 10.1 Å². The largest absolute Gasteiger partial charge is 0.743 e. The van der Waals surface area contributed by atoms with Crippen molar-refractivity contribution in [1.82, 2.24) is 0 Å². The number of hydrogen-bond donors (Lipinski definition) is 0. The van der Waals surface area contributed by atoms with Crippen molar-refractivity contribution in [3.05, 3.63) is 0 Å². The van der Waals surface area contributed by atoms with Crippen molar-refractivity contribution in [3.8, 4) is 0 Å². The monoisotopic (exact) mass is 319 g/mol. The van der Waals surface area contributed by atoms with E-state index in [1.807, 2.05) is 6.92 Å². The molecule has 0 aliphatic carbocycles. The fraction of sp³-hybridized carbons (Fsp3) is 0.909. The molecule has 0 spiro atoms. The Hall–Kier alpha value is -0.830. The van der Waals surface area contributed by atoms with Crippen LogP contribution in [0.1, 0.15) is 45.4 Å². The van der Waals surface area contributed by atoms with E-state index in [2.05, 4.69) is 4.74 Å². The van der Waals surface area contributed by atoms with Crippen LogP contribution in [0, 0.1) is 0 Å². The zero-order valence-electron chi connectivity index (χ0n) is 11.1. The van der Waals surface area contributed by atoms with E-state index in [0.717, 1.165) is 25.7 Å². The van der Waals surface area contributed by atoms with Gasteiger partial charge >= 0.3 is 11.2 Å². The summed E-state index contributed by atoms with van der Waals surface area (Å²) >= 11 is 0. The maximum Gasteiger partial charge on any atom is 0.368 e. The maximum absolute atomic E-state index is 12.9. The molecule has 20 heavy (non-hydrogen) atoms. The molecule has 0 aromatic carbocycles. The van der Waals surface area contributed by atoms with Crippen LogP contribution >= 0.6 is 0 Å². The van der Waals surface area contributed by atoms with Gasteiger partial charge < -0.3 is 9.29 Å². The number of alkyl halides is 3. The summed E-state index contributed by atoms with van der Waals surface area (Å²) in [5.41, 5.74) is 0. The van der Waals surface area contributed by atoms with Gasteiger partial charge in [0.05, 0.1) is 0 Å². The molecule has 9 heteroatoms. The predicted octanol–water partition coefficient (Wildman–Crippen LogP) is 2.37. The van der Waals surface area contributed by atoms with E-state index >= 15 is 0 Å². The molecule has 0 bridgehead atoms. The molecule has 0 heterocycles. The number of ether oxygens (including phenoxy) is 1. The Morgan fingerprint density at radius 2 is 1.80 bits per heavy atom. The van der Waals surface area contributed by atoms with Crippen LogP contribution in [-0.4, -0.2) is 37.0 Å². The minimum atomic E-state index is -6.13. The SMILES string of the molecule is CCCCCCCC(=O)OCC(F)C(F)(F)S(=O)(=O)[O-]. The molecule has 0 aromatic rings. The van der Waals surface area contributed by atoms with E-state index in [-0.39, 0.29) is 6.42 Å². The Labute approximate surface area is 116 Å². The van der Waals surface area contributed by atoms with E-state index in [0.29, 0.717) is 6.42 Å². The Morgan fingerprint density at radius 1 is 1.25 bits per heavy atom. The minimum Gasteiger partial charge on any atom is -0.743 e. The number of unbranched alkanes of at least 4 members (excludes halogenated alkanes) is 4. The topological polar surface area (TPSA) is 83.5 Å². The molecule has 0 amide bonds. The van der Waals surface area contributed by atoms with Crippen molar-refractivity contribution in [2.24, 2.45) is 0 Å². The van der Waals surface area contributed by atoms with E-state index in [1.165, 1.54) is 0 Å². The summed E-state index contributed by atoms with van der Waals surface area (Å²) in [6.45, 7) is 0.558. The normalized spacial score (nSPS) is 14.1. The lowest BCUT2D eigenvalue weighted by Gasteiger charge is -2.22. The molecule has 0 aliphatic heterocycles. The molecular weight excluding hydrogens is 301 g/mol.